The number of nitrogens with zero attached hydrogens (tertiary/aromatic N) is 3. The highest BCUT2D eigenvalue weighted by Gasteiger charge is 2.34. The molecular formula is C26H22N4O4S. The quantitative estimate of drug-likeness (QED) is 0.296. The van der Waals surface area contributed by atoms with E-state index in [1.54, 1.807) is 35.6 Å². The predicted octanol–water partition coefficient (Wildman–Crippen LogP) is 4.86. The highest BCUT2D eigenvalue weighted by Crippen LogP contribution is 2.39. The Labute approximate surface area is 205 Å². The van der Waals surface area contributed by atoms with E-state index in [1.165, 1.54) is 4.90 Å². The van der Waals surface area contributed by atoms with Crippen LogP contribution in [0.3, 0.4) is 0 Å². The molecule has 9 heteroatoms. The van der Waals surface area contributed by atoms with E-state index < -0.39 is 0 Å². The fourth-order valence-corrected chi connectivity index (χ4v) is 5.22. The number of hydrogen-bond acceptors (Lipinski definition) is 7. The van der Waals surface area contributed by atoms with Crippen LogP contribution in [0.1, 0.15) is 45.1 Å². The molecule has 0 radical (unpaired) electrons. The number of aromatic amines is 1. The Kier molecular flexibility index (Phi) is 5.33. The number of unbranched alkanes of at least 4 members (excludes halogenated alkanes) is 1. The van der Waals surface area contributed by atoms with Crippen molar-refractivity contribution in [3.63, 3.8) is 0 Å². The maximum atomic E-state index is 12.6. The van der Waals surface area contributed by atoms with Crippen molar-refractivity contribution < 1.29 is 19.1 Å². The first kappa shape index (κ1) is 21.5. The number of aromatic nitrogens is 3. The molecule has 2 amide bonds. The van der Waals surface area contributed by atoms with E-state index in [1.807, 2.05) is 30.5 Å². The summed E-state index contributed by atoms with van der Waals surface area (Å²) in [6.07, 6.45) is 2.15. The number of carbonyl (C=O) groups excluding carboxylic acids is 2. The Morgan fingerprint density at radius 2 is 1.77 bits per heavy atom. The van der Waals surface area contributed by atoms with Crippen LogP contribution in [0.4, 0.5) is 0 Å². The lowest BCUT2D eigenvalue weighted by Gasteiger charge is -2.13. The monoisotopic (exact) mass is 486 g/mol. The van der Waals surface area contributed by atoms with Gasteiger partial charge in [0.15, 0.2) is 11.5 Å². The van der Waals surface area contributed by atoms with Gasteiger partial charge in [0.2, 0.25) is 6.79 Å². The molecule has 0 atom stereocenters. The molecule has 2 aromatic heterocycles. The van der Waals surface area contributed by atoms with Crippen molar-refractivity contribution in [1.82, 2.24) is 19.9 Å². The molecular weight excluding hydrogens is 464 g/mol. The van der Waals surface area contributed by atoms with Gasteiger partial charge in [-0.05, 0) is 50.1 Å². The van der Waals surface area contributed by atoms with Crippen LogP contribution < -0.4 is 9.47 Å². The zero-order valence-electron chi connectivity index (χ0n) is 19.0. The molecule has 176 valence electrons. The van der Waals surface area contributed by atoms with Crippen LogP contribution in [0.25, 0.3) is 22.0 Å². The van der Waals surface area contributed by atoms with Crippen molar-refractivity contribution in [3.05, 3.63) is 70.5 Å². The molecule has 0 unspecified atom stereocenters. The van der Waals surface area contributed by atoms with Gasteiger partial charge in [-0.1, -0.05) is 12.1 Å². The summed E-state index contributed by atoms with van der Waals surface area (Å²) < 4.78 is 11.0. The SMILES string of the molecule is Cc1csc(-c2[nH]c(CCCCN3C(=O)c4ccccc4C3=O)nc2-c2ccc3c(c2)OCO3)n1. The highest BCUT2D eigenvalue weighted by molar-refractivity contribution is 7.13. The third kappa shape index (κ3) is 3.87. The first-order valence-corrected chi connectivity index (χ1v) is 12.3. The minimum atomic E-state index is -0.213. The summed E-state index contributed by atoms with van der Waals surface area (Å²) >= 11 is 1.57. The first-order valence-electron chi connectivity index (χ1n) is 11.4. The van der Waals surface area contributed by atoms with Crippen molar-refractivity contribution in [3.8, 4) is 33.5 Å². The van der Waals surface area contributed by atoms with Gasteiger partial charge >= 0.3 is 0 Å². The number of hydrogen-bond donors (Lipinski definition) is 1. The zero-order chi connectivity index (χ0) is 23.9. The lowest BCUT2D eigenvalue weighted by molar-refractivity contribution is 0.0651. The van der Waals surface area contributed by atoms with Crippen molar-refractivity contribution in [2.24, 2.45) is 0 Å². The van der Waals surface area contributed by atoms with E-state index in [0.717, 1.165) is 45.6 Å². The molecule has 4 aromatic rings. The van der Waals surface area contributed by atoms with Crippen LogP contribution in [0.2, 0.25) is 0 Å². The number of aryl methyl sites for hydroxylation is 2. The number of thiazole rings is 1. The van der Waals surface area contributed by atoms with Crippen LogP contribution in [0.15, 0.2) is 47.8 Å². The average molecular weight is 487 g/mol. The maximum absolute atomic E-state index is 12.6. The molecule has 2 aliphatic heterocycles. The molecule has 1 N–H and O–H groups in total. The molecule has 6 rings (SSSR count). The van der Waals surface area contributed by atoms with Gasteiger partial charge < -0.3 is 14.5 Å². The molecule has 0 fully saturated rings. The molecule has 0 saturated carbocycles. The third-order valence-corrected chi connectivity index (χ3v) is 7.13. The van der Waals surface area contributed by atoms with Gasteiger partial charge in [-0.2, -0.15) is 0 Å². The smallest absolute Gasteiger partial charge is 0.261 e. The fourth-order valence-electron chi connectivity index (χ4n) is 4.42. The number of H-pyrrole nitrogens is 1. The minimum absolute atomic E-state index is 0.213. The van der Waals surface area contributed by atoms with E-state index in [2.05, 4.69) is 9.97 Å². The van der Waals surface area contributed by atoms with Gasteiger partial charge in [0.1, 0.15) is 16.5 Å². The zero-order valence-corrected chi connectivity index (χ0v) is 19.9. The summed E-state index contributed by atoms with van der Waals surface area (Å²) in [5.41, 5.74) is 4.54. The molecule has 0 saturated heterocycles. The number of imidazole rings is 1. The van der Waals surface area contributed by atoms with E-state index in [-0.39, 0.29) is 18.6 Å². The standard InChI is InChI=1S/C26H22N4O4S/c1-15-13-35-24(27-15)23-22(16-9-10-19-20(12-16)34-14-33-19)28-21(29-23)8-4-5-11-30-25(31)17-6-2-3-7-18(17)26(30)32/h2-3,6-7,9-10,12-13H,4-5,8,11,14H2,1H3,(H,28,29). The first-order chi connectivity index (χ1) is 17.1. The Hall–Kier alpha value is -3.98. The molecule has 2 aromatic carbocycles. The number of amides is 2. The number of carbonyl (C=O) groups is 2. The second-order valence-corrected chi connectivity index (χ2v) is 9.39. The van der Waals surface area contributed by atoms with Crippen molar-refractivity contribution in [2.45, 2.75) is 26.2 Å². The number of ether oxygens (including phenoxy) is 2. The van der Waals surface area contributed by atoms with Crippen molar-refractivity contribution >= 4 is 23.2 Å². The molecule has 4 heterocycles. The summed E-state index contributed by atoms with van der Waals surface area (Å²) in [6, 6.07) is 12.8. The van der Waals surface area contributed by atoms with E-state index in [4.69, 9.17) is 14.5 Å². The maximum Gasteiger partial charge on any atom is 0.261 e. The van der Waals surface area contributed by atoms with Gasteiger partial charge in [0, 0.05) is 29.6 Å². The Morgan fingerprint density at radius 3 is 2.51 bits per heavy atom. The van der Waals surface area contributed by atoms with Crippen LogP contribution in [-0.2, 0) is 6.42 Å². The fraction of sp³-hybridized carbons (Fsp3) is 0.231. The van der Waals surface area contributed by atoms with Crippen LogP contribution in [0.5, 0.6) is 11.5 Å². The third-order valence-electron chi connectivity index (χ3n) is 6.16. The predicted molar refractivity (Wildman–Crippen MR) is 131 cm³/mol. The molecule has 0 aliphatic carbocycles. The highest BCUT2D eigenvalue weighted by atomic mass is 32.1. The summed E-state index contributed by atoms with van der Waals surface area (Å²) in [4.78, 5) is 39.5. The van der Waals surface area contributed by atoms with Gasteiger partial charge in [0.25, 0.3) is 11.8 Å². The van der Waals surface area contributed by atoms with Gasteiger partial charge in [-0.3, -0.25) is 14.5 Å². The minimum Gasteiger partial charge on any atom is -0.454 e. The largest absolute Gasteiger partial charge is 0.454 e. The number of benzene rings is 2. The van der Waals surface area contributed by atoms with Gasteiger partial charge in [-0.25, -0.2) is 9.97 Å². The number of nitrogens with one attached hydrogen (secondary N) is 1. The Balaban J connectivity index is 1.18. The lowest BCUT2D eigenvalue weighted by Crippen LogP contribution is -2.30. The van der Waals surface area contributed by atoms with Crippen molar-refractivity contribution in [1.29, 1.82) is 0 Å². The molecule has 35 heavy (non-hydrogen) atoms. The topological polar surface area (TPSA) is 97.4 Å². The summed E-state index contributed by atoms with van der Waals surface area (Å²) in [5, 5.41) is 2.89. The summed E-state index contributed by atoms with van der Waals surface area (Å²) in [7, 11) is 0. The van der Waals surface area contributed by atoms with Crippen molar-refractivity contribution in [2.75, 3.05) is 13.3 Å². The average Bonchev–Trinajstić information content (AvgIpc) is 3.65. The normalized spacial score (nSPS) is 14.1. The summed E-state index contributed by atoms with van der Waals surface area (Å²) in [5.74, 6) is 1.84. The number of rotatable bonds is 7. The lowest BCUT2D eigenvalue weighted by atomic mass is 10.1. The van der Waals surface area contributed by atoms with Gasteiger partial charge in [0.05, 0.1) is 16.8 Å². The van der Waals surface area contributed by atoms with E-state index in [0.29, 0.717) is 36.3 Å². The number of imide groups is 1. The molecule has 8 nitrogen and oxygen atoms in total. The van der Waals surface area contributed by atoms with E-state index >= 15 is 0 Å². The van der Waals surface area contributed by atoms with E-state index in [9.17, 15) is 9.59 Å². The Morgan fingerprint density at radius 1 is 1.00 bits per heavy atom. The molecule has 2 aliphatic rings. The second kappa shape index (κ2) is 8.66. The second-order valence-electron chi connectivity index (χ2n) is 8.53. The van der Waals surface area contributed by atoms with Crippen LogP contribution in [-0.4, -0.2) is 45.0 Å². The van der Waals surface area contributed by atoms with Crippen LogP contribution in [0, 0.1) is 6.92 Å². The van der Waals surface area contributed by atoms with Crippen LogP contribution >= 0.6 is 11.3 Å². The van der Waals surface area contributed by atoms with Gasteiger partial charge in [-0.15, -0.1) is 11.3 Å². The molecule has 0 bridgehead atoms. The Bertz CT molecular complexity index is 1420. The number of fused-ring (bicyclic) bond motifs is 2. The summed E-state index contributed by atoms with van der Waals surface area (Å²) in [6.45, 7) is 2.58. The molecule has 0 spiro atoms.